The molecule has 22 heavy (non-hydrogen) atoms. The minimum absolute atomic E-state index is 0.384. The second-order valence-electron chi connectivity index (χ2n) is 6.27. The molecule has 0 aliphatic carbocycles. The maximum absolute atomic E-state index is 5.09. The van der Waals surface area contributed by atoms with E-state index in [1.807, 2.05) is 0 Å². The number of terminal acetylenes is 1. The van der Waals surface area contributed by atoms with Crippen molar-refractivity contribution in [3.05, 3.63) is 12.3 Å². The minimum Gasteiger partial charge on any atom is -0.489 e. The Morgan fingerprint density at radius 3 is 1.64 bits per heavy atom. The van der Waals surface area contributed by atoms with E-state index in [9.17, 15) is 0 Å². The summed E-state index contributed by atoms with van der Waals surface area (Å²) in [6.45, 7) is 2.67. The zero-order valence-corrected chi connectivity index (χ0v) is 15.0. The quantitative estimate of drug-likeness (QED) is 0.159. The molecule has 0 N–H and O–H groups in total. The van der Waals surface area contributed by atoms with Gasteiger partial charge in [0, 0.05) is 0 Å². The van der Waals surface area contributed by atoms with E-state index in [-0.39, 0.29) is 0 Å². The predicted octanol–water partition coefficient (Wildman–Crippen LogP) is 7.02. The number of hydrogen-bond acceptors (Lipinski definition) is 1. The minimum atomic E-state index is 0.384. The monoisotopic (exact) mass is 306 g/mol. The molecule has 0 unspecified atom stereocenters. The van der Waals surface area contributed by atoms with Crippen LogP contribution in [-0.4, -0.2) is 6.61 Å². The molecular weight excluding hydrogens is 268 g/mol. The molecule has 128 valence electrons. The fourth-order valence-corrected chi connectivity index (χ4v) is 2.69. The molecule has 0 fully saturated rings. The van der Waals surface area contributed by atoms with E-state index in [0.29, 0.717) is 6.61 Å². The lowest BCUT2D eigenvalue weighted by molar-refractivity contribution is 0.295. The Bertz CT molecular complexity index is 262. The molecule has 0 aliphatic rings. The Kier molecular flexibility index (Phi) is 19.3. The van der Waals surface area contributed by atoms with E-state index in [1.54, 1.807) is 6.26 Å². The highest BCUT2D eigenvalue weighted by Crippen LogP contribution is 2.13. The highest BCUT2D eigenvalue weighted by Gasteiger charge is 1.93. The maximum Gasteiger partial charge on any atom is 0.147 e. The van der Waals surface area contributed by atoms with E-state index >= 15 is 0 Å². The Labute approximate surface area is 139 Å². The number of hydrogen-bond donors (Lipinski definition) is 0. The molecule has 0 radical (unpaired) electrons. The first kappa shape index (κ1) is 21.1. The average molecular weight is 307 g/mol. The molecule has 0 aromatic heterocycles. The number of unbranched alkanes of at least 4 members (excludes halogenated alkanes) is 14. The van der Waals surface area contributed by atoms with Crippen LogP contribution in [0, 0.1) is 12.3 Å². The van der Waals surface area contributed by atoms with Gasteiger partial charge in [-0.2, -0.15) is 0 Å². The lowest BCUT2D eigenvalue weighted by Crippen LogP contribution is -1.83. The third-order valence-electron chi connectivity index (χ3n) is 4.08. The molecule has 0 aromatic carbocycles. The fourth-order valence-electron chi connectivity index (χ4n) is 2.69. The number of ether oxygens (including phenoxy) is 1. The van der Waals surface area contributed by atoms with Crippen LogP contribution < -0.4 is 0 Å². The van der Waals surface area contributed by atoms with Crippen molar-refractivity contribution in [3.8, 4) is 12.3 Å². The first-order valence-electron chi connectivity index (χ1n) is 9.62. The van der Waals surface area contributed by atoms with E-state index in [0.717, 1.165) is 6.42 Å². The van der Waals surface area contributed by atoms with Gasteiger partial charge in [-0.25, -0.2) is 0 Å². The first-order valence-corrected chi connectivity index (χ1v) is 9.62. The molecule has 0 saturated carbocycles. The summed E-state index contributed by atoms with van der Waals surface area (Å²) in [5.74, 6) is 2.45. The Morgan fingerprint density at radius 1 is 0.727 bits per heavy atom. The van der Waals surface area contributed by atoms with Crippen LogP contribution in [0.15, 0.2) is 12.3 Å². The summed E-state index contributed by atoms with van der Waals surface area (Å²) in [5.41, 5.74) is 0. The molecule has 0 atom stereocenters. The summed E-state index contributed by atoms with van der Waals surface area (Å²) in [6, 6.07) is 0. The standard InChI is InChI=1S/C21H38O/c1-3-5-6-7-8-9-10-11-12-13-14-15-16-17-18-19-21-22-20-4-2/h2,19,21H,3,5-18,20H2,1H3. The summed E-state index contributed by atoms with van der Waals surface area (Å²) >= 11 is 0. The van der Waals surface area contributed by atoms with Crippen LogP contribution in [0.25, 0.3) is 0 Å². The van der Waals surface area contributed by atoms with Crippen LogP contribution in [0.3, 0.4) is 0 Å². The van der Waals surface area contributed by atoms with Crippen molar-refractivity contribution >= 4 is 0 Å². The van der Waals surface area contributed by atoms with Gasteiger partial charge in [0.15, 0.2) is 0 Å². The van der Waals surface area contributed by atoms with Crippen molar-refractivity contribution in [3.63, 3.8) is 0 Å². The summed E-state index contributed by atoms with van der Waals surface area (Å²) < 4.78 is 5.09. The van der Waals surface area contributed by atoms with Gasteiger partial charge in [-0.15, -0.1) is 6.42 Å². The summed E-state index contributed by atoms with van der Waals surface area (Å²) in [7, 11) is 0. The van der Waals surface area contributed by atoms with Crippen LogP contribution in [0.5, 0.6) is 0 Å². The highest BCUT2D eigenvalue weighted by molar-refractivity contribution is 4.85. The smallest absolute Gasteiger partial charge is 0.147 e. The first-order chi connectivity index (χ1) is 10.9. The van der Waals surface area contributed by atoms with E-state index in [2.05, 4.69) is 18.9 Å². The zero-order valence-electron chi connectivity index (χ0n) is 15.0. The second kappa shape index (κ2) is 20.1. The van der Waals surface area contributed by atoms with Crippen LogP contribution in [0.2, 0.25) is 0 Å². The summed E-state index contributed by atoms with van der Waals surface area (Å²) in [6.07, 6.45) is 29.8. The van der Waals surface area contributed by atoms with Crippen molar-refractivity contribution in [1.82, 2.24) is 0 Å². The van der Waals surface area contributed by atoms with Gasteiger partial charge < -0.3 is 4.74 Å². The SMILES string of the molecule is C#CCOC=CCCCCCCCCCCCCCCCC. The lowest BCUT2D eigenvalue weighted by Gasteiger charge is -2.02. The topological polar surface area (TPSA) is 9.23 Å². The van der Waals surface area contributed by atoms with Gasteiger partial charge >= 0.3 is 0 Å². The van der Waals surface area contributed by atoms with Crippen LogP contribution in [0.1, 0.15) is 103 Å². The van der Waals surface area contributed by atoms with Gasteiger partial charge in [0.2, 0.25) is 0 Å². The molecule has 0 rings (SSSR count). The van der Waals surface area contributed by atoms with Crippen molar-refractivity contribution in [1.29, 1.82) is 0 Å². The van der Waals surface area contributed by atoms with Gasteiger partial charge in [0.25, 0.3) is 0 Å². The Morgan fingerprint density at radius 2 is 1.18 bits per heavy atom. The molecule has 0 saturated heterocycles. The predicted molar refractivity (Wildman–Crippen MR) is 98.9 cm³/mol. The lowest BCUT2D eigenvalue weighted by atomic mass is 10.0. The molecule has 0 spiro atoms. The van der Waals surface area contributed by atoms with E-state index < -0.39 is 0 Å². The normalized spacial score (nSPS) is 10.9. The van der Waals surface area contributed by atoms with Crippen LogP contribution in [0.4, 0.5) is 0 Å². The highest BCUT2D eigenvalue weighted by atomic mass is 16.5. The van der Waals surface area contributed by atoms with Gasteiger partial charge in [-0.1, -0.05) is 96.3 Å². The van der Waals surface area contributed by atoms with Crippen LogP contribution in [-0.2, 0) is 4.74 Å². The molecule has 0 aliphatic heterocycles. The summed E-state index contributed by atoms with van der Waals surface area (Å²) in [4.78, 5) is 0. The zero-order chi connectivity index (χ0) is 16.1. The molecule has 0 amide bonds. The van der Waals surface area contributed by atoms with Crippen molar-refractivity contribution in [2.45, 2.75) is 103 Å². The maximum atomic E-state index is 5.09. The van der Waals surface area contributed by atoms with Crippen molar-refractivity contribution in [2.24, 2.45) is 0 Å². The second-order valence-corrected chi connectivity index (χ2v) is 6.27. The molecule has 1 heteroatoms. The third-order valence-corrected chi connectivity index (χ3v) is 4.08. The molecular formula is C21H38O. The number of allylic oxidation sites excluding steroid dienone is 1. The van der Waals surface area contributed by atoms with Gasteiger partial charge in [-0.05, 0) is 18.9 Å². The van der Waals surface area contributed by atoms with E-state index in [4.69, 9.17) is 11.2 Å². The molecule has 0 aromatic rings. The molecule has 1 nitrogen and oxygen atoms in total. The summed E-state index contributed by atoms with van der Waals surface area (Å²) in [5, 5.41) is 0. The van der Waals surface area contributed by atoms with E-state index in [1.165, 1.54) is 89.9 Å². The number of rotatable bonds is 17. The Hall–Kier alpha value is -0.900. The average Bonchev–Trinajstić information content (AvgIpc) is 2.54. The van der Waals surface area contributed by atoms with Crippen molar-refractivity contribution < 1.29 is 4.74 Å². The van der Waals surface area contributed by atoms with Crippen molar-refractivity contribution in [2.75, 3.05) is 6.61 Å². The van der Waals surface area contributed by atoms with Crippen LogP contribution >= 0.6 is 0 Å². The van der Waals surface area contributed by atoms with Gasteiger partial charge in [0.1, 0.15) is 6.61 Å². The molecule has 0 bridgehead atoms. The Balaban J connectivity index is 3.00. The fraction of sp³-hybridized carbons (Fsp3) is 0.810. The third kappa shape index (κ3) is 19.1. The largest absolute Gasteiger partial charge is 0.489 e. The van der Waals surface area contributed by atoms with Gasteiger partial charge in [0.05, 0.1) is 6.26 Å². The molecule has 0 heterocycles. The van der Waals surface area contributed by atoms with Gasteiger partial charge in [-0.3, -0.25) is 0 Å².